The molecule has 2 aromatic rings. The van der Waals surface area contributed by atoms with Crippen LogP contribution in [0, 0.1) is 16.7 Å². The van der Waals surface area contributed by atoms with E-state index < -0.39 is 8.32 Å². The number of rotatable bonds is 8. The number of carbonyl (C=O) groups is 1. The van der Waals surface area contributed by atoms with Gasteiger partial charge in [0.2, 0.25) is 0 Å². The first-order chi connectivity index (χ1) is 17.1. The van der Waals surface area contributed by atoms with Crippen LogP contribution in [0.25, 0.3) is 0 Å². The molecule has 2 aliphatic carbocycles. The second-order valence-corrected chi connectivity index (χ2v) is 18.2. The molecular weight excluding hydrogens is 478 g/mol. The fourth-order valence-electron chi connectivity index (χ4n) is 7.42. The van der Waals surface area contributed by atoms with Gasteiger partial charge in [0, 0.05) is 35.9 Å². The van der Waals surface area contributed by atoms with Crippen LogP contribution in [-0.4, -0.2) is 44.3 Å². The highest BCUT2D eigenvalue weighted by atomic mass is 32.2. The second kappa shape index (κ2) is 9.72. The van der Waals surface area contributed by atoms with E-state index >= 15 is 0 Å². The first kappa shape index (κ1) is 26.2. The molecule has 0 radical (unpaired) electrons. The number of fused-ring (bicyclic) bond motifs is 2. The molecule has 3 nitrogen and oxygen atoms in total. The fraction of sp³-hybridized carbons (Fsp3) is 0.581. The zero-order valence-electron chi connectivity index (χ0n) is 22.7. The first-order valence-corrected chi connectivity index (χ1v) is 16.8. The highest BCUT2D eigenvalue weighted by Crippen LogP contribution is 2.64. The minimum absolute atomic E-state index is 0.00483. The van der Waals surface area contributed by atoms with Gasteiger partial charge in [-0.15, -0.1) is 0 Å². The molecule has 3 aliphatic rings. The van der Waals surface area contributed by atoms with Gasteiger partial charge in [-0.2, -0.15) is 11.8 Å². The second-order valence-electron chi connectivity index (χ2n) is 12.9. The molecule has 0 aromatic heterocycles. The predicted molar refractivity (Wildman–Crippen MR) is 155 cm³/mol. The molecule has 3 fully saturated rings. The van der Waals surface area contributed by atoms with Gasteiger partial charge in [-0.1, -0.05) is 95.3 Å². The SMILES string of the molecule is CC1(C)C2CCC1(CSC[C@@H]1C[C@@H](O[Si](c3ccccc3)(c3ccccc3)C(C)(C)C)CN1)C(=O)C2. The summed E-state index contributed by atoms with van der Waals surface area (Å²) in [6, 6.07) is 22.3. The molecule has 1 saturated heterocycles. The largest absolute Gasteiger partial charge is 0.403 e. The molecule has 1 heterocycles. The molecule has 1 aliphatic heterocycles. The van der Waals surface area contributed by atoms with Gasteiger partial charge in [0.25, 0.3) is 8.32 Å². The van der Waals surface area contributed by atoms with Gasteiger partial charge in [0.05, 0.1) is 6.10 Å². The van der Waals surface area contributed by atoms with E-state index in [1.54, 1.807) is 0 Å². The molecule has 5 rings (SSSR count). The lowest BCUT2D eigenvalue weighted by molar-refractivity contribution is -0.127. The molecule has 36 heavy (non-hydrogen) atoms. The quantitative estimate of drug-likeness (QED) is 0.471. The van der Waals surface area contributed by atoms with Crippen molar-refractivity contribution in [1.82, 2.24) is 5.32 Å². The summed E-state index contributed by atoms with van der Waals surface area (Å²) >= 11 is 1.99. The summed E-state index contributed by atoms with van der Waals surface area (Å²) in [7, 11) is -2.53. The van der Waals surface area contributed by atoms with Crippen molar-refractivity contribution >= 4 is 36.2 Å². The van der Waals surface area contributed by atoms with E-state index in [4.69, 9.17) is 4.43 Å². The molecule has 0 amide bonds. The summed E-state index contributed by atoms with van der Waals surface area (Å²) in [4.78, 5) is 12.9. The number of ketones is 1. The van der Waals surface area contributed by atoms with Crippen molar-refractivity contribution in [2.24, 2.45) is 16.7 Å². The summed E-state index contributed by atoms with van der Waals surface area (Å²) in [5.41, 5.74) is 0.0703. The molecule has 2 saturated carbocycles. The lowest BCUT2D eigenvalue weighted by Crippen LogP contribution is -2.67. The van der Waals surface area contributed by atoms with Crippen molar-refractivity contribution in [3.63, 3.8) is 0 Å². The van der Waals surface area contributed by atoms with Crippen molar-refractivity contribution in [2.45, 2.75) is 77.5 Å². The van der Waals surface area contributed by atoms with Crippen LogP contribution in [0.4, 0.5) is 0 Å². The molecule has 194 valence electrons. The maximum absolute atomic E-state index is 12.9. The number of nitrogens with one attached hydrogen (secondary N) is 1. The Labute approximate surface area is 223 Å². The summed E-state index contributed by atoms with van der Waals surface area (Å²) in [6.45, 7) is 12.6. The average Bonchev–Trinajstić information content (AvgIpc) is 3.45. The van der Waals surface area contributed by atoms with Crippen molar-refractivity contribution in [3.05, 3.63) is 60.7 Å². The molecular formula is C31H43NO2SSi. The third-order valence-corrected chi connectivity index (χ3v) is 16.2. The lowest BCUT2D eigenvalue weighted by atomic mass is 9.70. The van der Waals surface area contributed by atoms with Crippen molar-refractivity contribution in [3.8, 4) is 0 Å². The molecule has 5 heteroatoms. The normalized spacial score (nSPS) is 29.7. The van der Waals surface area contributed by atoms with Crippen LogP contribution in [0.15, 0.2) is 60.7 Å². The minimum atomic E-state index is -2.53. The van der Waals surface area contributed by atoms with Crippen LogP contribution < -0.4 is 15.7 Å². The molecule has 1 N–H and O–H groups in total. The van der Waals surface area contributed by atoms with Crippen molar-refractivity contribution in [1.29, 1.82) is 0 Å². The number of carbonyl (C=O) groups excluding carboxylic acids is 1. The monoisotopic (exact) mass is 521 g/mol. The summed E-state index contributed by atoms with van der Waals surface area (Å²) in [5, 5.41) is 6.46. The Bertz CT molecular complexity index is 1030. The lowest BCUT2D eigenvalue weighted by Gasteiger charge is -2.44. The van der Waals surface area contributed by atoms with Crippen LogP contribution in [0.2, 0.25) is 5.04 Å². The zero-order valence-corrected chi connectivity index (χ0v) is 24.5. The minimum Gasteiger partial charge on any atom is -0.403 e. The maximum atomic E-state index is 12.9. The third kappa shape index (κ3) is 4.24. The average molecular weight is 522 g/mol. The number of hydrogen-bond donors (Lipinski definition) is 1. The zero-order chi connectivity index (χ0) is 25.6. The summed E-state index contributed by atoms with van der Waals surface area (Å²) in [5.74, 6) is 3.16. The van der Waals surface area contributed by atoms with Crippen LogP contribution >= 0.6 is 11.8 Å². The van der Waals surface area contributed by atoms with E-state index in [0.717, 1.165) is 37.3 Å². The number of benzene rings is 2. The van der Waals surface area contributed by atoms with Gasteiger partial charge >= 0.3 is 0 Å². The molecule has 0 spiro atoms. The van der Waals surface area contributed by atoms with Gasteiger partial charge in [-0.25, -0.2) is 0 Å². The van der Waals surface area contributed by atoms with Crippen molar-refractivity contribution < 1.29 is 9.22 Å². The van der Waals surface area contributed by atoms with Gasteiger partial charge in [-0.05, 0) is 46.0 Å². The Kier molecular flexibility index (Phi) is 7.08. The molecule has 2 bridgehead atoms. The summed E-state index contributed by atoms with van der Waals surface area (Å²) < 4.78 is 7.36. The maximum Gasteiger partial charge on any atom is 0.261 e. The van der Waals surface area contributed by atoms with Crippen LogP contribution in [0.5, 0.6) is 0 Å². The van der Waals surface area contributed by atoms with E-state index in [-0.39, 0.29) is 22.0 Å². The van der Waals surface area contributed by atoms with E-state index in [1.807, 2.05) is 11.8 Å². The Balaban J connectivity index is 1.30. The number of Topliss-reactive ketones (excluding diaryl/α,β-unsaturated/α-hetero) is 1. The Hall–Kier alpha value is -1.40. The van der Waals surface area contributed by atoms with Gasteiger partial charge in [0.1, 0.15) is 5.78 Å². The van der Waals surface area contributed by atoms with Crippen LogP contribution in [-0.2, 0) is 9.22 Å². The Morgan fingerprint density at radius 1 is 1.03 bits per heavy atom. The third-order valence-electron chi connectivity index (χ3n) is 9.75. The van der Waals surface area contributed by atoms with Crippen LogP contribution in [0.1, 0.15) is 60.3 Å². The standard InChI is InChI=1S/C31H43NO2SSi/c1-29(2,3)36(26-12-8-6-9-13-26,27-14-10-7-11-15-27)34-25-19-24(32-20-25)21-35-22-31-17-16-23(18-28(31)33)30(31,4)5/h6-15,23-25,32H,16-22H2,1-5H3/t23?,24-,25+,31?/m0/s1. The van der Waals surface area contributed by atoms with Gasteiger partial charge in [0.15, 0.2) is 0 Å². The Morgan fingerprint density at radius 3 is 2.14 bits per heavy atom. The topological polar surface area (TPSA) is 38.3 Å². The Morgan fingerprint density at radius 2 is 1.64 bits per heavy atom. The number of hydrogen-bond acceptors (Lipinski definition) is 4. The van der Waals surface area contributed by atoms with Crippen molar-refractivity contribution in [2.75, 3.05) is 18.1 Å². The number of thioether (sulfide) groups is 1. The highest BCUT2D eigenvalue weighted by Gasteiger charge is 2.63. The smallest absolute Gasteiger partial charge is 0.261 e. The van der Waals surface area contributed by atoms with Gasteiger partial charge in [-0.3, -0.25) is 4.79 Å². The predicted octanol–water partition coefficient (Wildman–Crippen LogP) is 5.42. The van der Waals surface area contributed by atoms with Gasteiger partial charge < -0.3 is 9.74 Å². The van der Waals surface area contributed by atoms with Crippen LogP contribution in [0.3, 0.4) is 0 Å². The molecule has 4 atom stereocenters. The van der Waals surface area contributed by atoms with E-state index in [1.165, 1.54) is 16.8 Å². The van der Waals surface area contributed by atoms with E-state index in [2.05, 4.69) is 101 Å². The highest BCUT2D eigenvalue weighted by molar-refractivity contribution is 7.99. The summed E-state index contributed by atoms with van der Waals surface area (Å²) in [6.07, 6.45) is 4.36. The molecule has 2 aromatic carbocycles. The molecule has 2 unspecified atom stereocenters. The fourth-order valence-corrected chi connectivity index (χ4v) is 13.8. The van der Waals surface area contributed by atoms with E-state index in [9.17, 15) is 4.79 Å². The first-order valence-electron chi connectivity index (χ1n) is 13.7. The van der Waals surface area contributed by atoms with E-state index in [0.29, 0.717) is 17.7 Å².